The highest BCUT2D eigenvalue weighted by molar-refractivity contribution is 6.02. The third-order valence-corrected chi connectivity index (χ3v) is 3.20. The Balaban J connectivity index is 2.00. The predicted molar refractivity (Wildman–Crippen MR) is 82.0 cm³/mol. The standard InChI is InChI=1S/C15H16N6O/c1-10(2)12-8-13(14(22)18-15-16-9-17-19-15)21(20-12)11-6-4-3-5-7-11/h3-10H,1-2H3,(H2,16,17,18,19,22). The second-order valence-electron chi connectivity index (χ2n) is 5.14. The number of para-hydroxylation sites is 1. The summed E-state index contributed by atoms with van der Waals surface area (Å²) in [7, 11) is 0. The monoisotopic (exact) mass is 296 g/mol. The average Bonchev–Trinajstić information content (AvgIpc) is 3.17. The van der Waals surface area contributed by atoms with Gasteiger partial charge in [-0.05, 0) is 24.1 Å². The summed E-state index contributed by atoms with van der Waals surface area (Å²) in [5.74, 6) is 0.235. The summed E-state index contributed by atoms with van der Waals surface area (Å²) >= 11 is 0. The van der Waals surface area contributed by atoms with Crippen LogP contribution in [0, 0.1) is 0 Å². The van der Waals surface area contributed by atoms with Gasteiger partial charge in [0.25, 0.3) is 5.91 Å². The molecule has 112 valence electrons. The van der Waals surface area contributed by atoms with E-state index in [1.54, 1.807) is 10.7 Å². The Hall–Kier alpha value is -2.96. The Bertz CT molecular complexity index is 761. The lowest BCUT2D eigenvalue weighted by Gasteiger charge is -2.06. The number of benzene rings is 1. The molecule has 22 heavy (non-hydrogen) atoms. The largest absolute Gasteiger partial charge is 0.289 e. The number of carbonyl (C=O) groups is 1. The van der Waals surface area contributed by atoms with Crippen molar-refractivity contribution in [2.24, 2.45) is 0 Å². The van der Waals surface area contributed by atoms with Gasteiger partial charge in [-0.2, -0.15) is 15.2 Å². The van der Waals surface area contributed by atoms with Crippen LogP contribution in [-0.2, 0) is 0 Å². The van der Waals surface area contributed by atoms with Gasteiger partial charge in [0.15, 0.2) is 0 Å². The molecule has 0 atom stereocenters. The molecule has 1 aromatic carbocycles. The molecule has 3 aromatic rings. The Labute approximate surface area is 127 Å². The number of rotatable bonds is 4. The van der Waals surface area contributed by atoms with Crippen LogP contribution in [0.15, 0.2) is 42.7 Å². The maximum atomic E-state index is 12.5. The van der Waals surface area contributed by atoms with E-state index < -0.39 is 0 Å². The van der Waals surface area contributed by atoms with Gasteiger partial charge in [0, 0.05) is 0 Å². The highest BCUT2D eigenvalue weighted by Gasteiger charge is 2.18. The molecule has 0 aliphatic rings. The minimum Gasteiger partial charge on any atom is -0.289 e. The van der Waals surface area contributed by atoms with Gasteiger partial charge in [-0.25, -0.2) is 9.78 Å². The summed E-state index contributed by atoms with van der Waals surface area (Å²) in [4.78, 5) is 16.4. The molecule has 0 aliphatic carbocycles. The van der Waals surface area contributed by atoms with Gasteiger partial charge >= 0.3 is 0 Å². The molecule has 0 radical (unpaired) electrons. The minimum absolute atomic E-state index is 0.224. The first-order valence-electron chi connectivity index (χ1n) is 6.97. The highest BCUT2D eigenvalue weighted by Crippen LogP contribution is 2.19. The van der Waals surface area contributed by atoms with E-state index in [2.05, 4.69) is 25.6 Å². The van der Waals surface area contributed by atoms with Crippen molar-refractivity contribution in [2.75, 3.05) is 5.32 Å². The molecule has 2 aromatic heterocycles. The van der Waals surface area contributed by atoms with Crippen LogP contribution >= 0.6 is 0 Å². The normalized spacial score (nSPS) is 10.9. The van der Waals surface area contributed by atoms with Crippen LogP contribution in [0.1, 0.15) is 35.9 Å². The van der Waals surface area contributed by atoms with E-state index in [0.717, 1.165) is 11.4 Å². The van der Waals surface area contributed by atoms with Crippen molar-refractivity contribution in [3.63, 3.8) is 0 Å². The number of aromatic amines is 1. The predicted octanol–water partition coefficient (Wildman–Crippen LogP) is 2.37. The topological polar surface area (TPSA) is 88.5 Å². The van der Waals surface area contributed by atoms with Gasteiger partial charge in [0.05, 0.1) is 11.4 Å². The number of anilines is 1. The summed E-state index contributed by atoms with van der Waals surface area (Å²) in [6.07, 6.45) is 1.34. The minimum atomic E-state index is -0.292. The summed E-state index contributed by atoms with van der Waals surface area (Å²) < 4.78 is 1.64. The molecule has 3 rings (SSSR count). The van der Waals surface area contributed by atoms with Crippen molar-refractivity contribution in [1.82, 2.24) is 25.0 Å². The fourth-order valence-corrected chi connectivity index (χ4v) is 2.05. The van der Waals surface area contributed by atoms with Crippen molar-refractivity contribution < 1.29 is 4.79 Å². The Morgan fingerprint density at radius 3 is 2.68 bits per heavy atom. The molecule has 2 N–H and O–H groups in total. The third kappa shape index (κ3) is 2.73. The van der Waals surface area contributed by atoms with E-state index in [4.69, 9.17) is 0 Å². The number of hydrogen-bond donors (Lipinski definition) is 2. The van der Waals surface area contributed by atoms with E-state index >= 15 is 0 Å². The third-order valence-electron chi connectivity index (χ3n) is 3.20. The van der Waals surface area contributed by atoms with Crippen molar-refractivity contribution in [3.05, 3.63) is 54.1 Å². The van der Waals surface area contributed by atoms with Crippen LogP contribution in [0.3, 0.4) is 0 Å². The molecule has 0 saturated carbocycles. The second kappa shape index (κ2) is 5.80. The lowest BCUT2D eigenvalue weighted by atomic mass is 10.1. The quantitative estimate of drug-likeness (QED) is 0.773. The summed E-state index contributed by atoms with van der Waals surface area (Å²) in [6.45, 7) is 4.08. The Morgan fingerprint density at radius 1 is 1.27 bits per heavy atom. The molecule has 0 spiro atoms. The molecule has 2 heterocycles. The zero-order chi connectivity index (χ0) is 15.5. The van der Waals surface area contributed by atoms with Gasteiger partial charge in [-0.3, -0.25) is 10.1 Å². The molecule has 0 bridgehead atoms. The summed E-state index contributed by atoms with van der Waals surface area (Å²) in [5.41, 5.74) is 2.13. The Kier molecular flexibility index (Phi) is 3.69. The van der Waals surface area contributed by atoms with Crippen molar-refractivity contribution in [1.29, 1.82) is 0 Å². The van der Waals surface area contributed by atoms with E-state index in [9.17, 15) is 4.79 Å². The average molecular weight is 296 g/mol. The maximum absolute atomic E-state index is 12.5. The molecule has 1 amide bonds. The molecule has 7 heteroatoms. The SMILES string of the molecule is CC(C)c1cc(C(=O)Nc2ncn[nH]2)n(-c2ccccc2)n1. The van der Waals surface area contributed by atoms with Crippen molar-refractivity contribution >= 4 is 11.9 Å². The number of H-pyrrole nitrogens is 1. The number of aromatic nitrogens is 5. The first-order chi connectivity index (χ1) is 10.6. The van der Waals surface area contributed by atoms with Crippen molar-refractivity contribution in [2.45, 2.75) is 19.8 Å². The smallest absolute Gasteiger partial charge is 0.276 e. The van der Waals surface area contributed by atoms with Gasteiger partial charge in [-0.1, -0.05) is 32.0 Å². The number of carbonyl (C=O) groups excluding carboxylic acids is 1. The molecule has 0 saturated heterocycles. The first-order valence-corrected chi connectivity index (χ1v) is 6.97. The van der Waals surface area contributed by atoms with Gasteiger partial charge in [-0.15, -0.1) is 0 Å². The van der Waals surface area contributed by atoms with Crippen LogP contribution in [0.5, 0.6) is 0 Å². The van der Waals surface area contributed by atoms with Crippen LogP contribution in [-0.4, -0.2) is 30.9 Å². The lowest BCUT2D eigenvalue weighted by Crippen LogP contribution is -2.17. The van der Waals surface area contributed by atoms with Crippen molar-refractivity contribution in [3.8, 4) is 5.69 Å². The molecule has 0 unspecified atom stereocenters. The Morgan fingerprint density at radius 2 is 2.05 bits per heavy atom. The van der Waals surface area contributed by atoms with Crippen LogP contribution in [0.2, 0.25) is 0 Å². The number of nitrogens with one attached hydrogen (secondary N) is 2. The molecule has 7 nitrogen and oxygen atoms in total. The van der Waals surface area contributed by atoms with E-state index in [-0.39, 0.29) is 11.8 Å². The van der Waals surface area contributed by atoms with E-state index in [0.29, 0.717) is 11.6 Å². The number of amides is 1. The fourth-order valence-electron chi connectivity index (χ4n) is 2.05. The maximum Gasteiger partial charge on any atom is 0.276 e. The van der Waals surface area contributed by atoms with Crippen LogP contribution < -0.4 is 5.32 Å². The first kappa shape index (κ1) is 14.0. The summed E-state index contributed by atoms with van der Waals surface area (Å²) in [6, 6.07) is 11.3. The van der Waals surface area contributed by atoms with Crippen LogP contribution in [0.4, 0.5) is 5.95 Å². The zero-order valence-electron chi connectivity index (χ0n) is 12.3. The molecular formula is C15H16N6O. The van der Waals surface area contributed by atoms with E-state index in [1.807, 2.05) is 44.2 Å². The van der Waals surface area contributed by atoms with Gasteiger partial charge < -0.3 is 0 Å². The van der Waals surface area contributed by atoms with Crippen LogP contribution in [0.25, 0.3) is 5.69 Å². The van der Waals surface area contributed by atoms with E-state index in [1.165, 1.54) is 6.33 Å². The zero-order valence-corrected chi connectivity index (χ0v) is 12.3. The van der Waals surface area contributed by atoms with Gasteiger partial charge in [0.1, 0.15) is 12.0 Å². The van der Waals surface area contributed by atoms with Gasteiger partial charge in [0.2, 0.25) is 5.95 Å². The number of nitrogens with zero attached hydrogens (tertiary/aromatic N) is 4. The lowest BCUT2D eigenvalue weighted by molar-refractivity contribution is 0.101. The second-order valence-corrected chi connectivity index (χ2v) is 5.14. The molecule has 0 aliphatic heterocycles. The fraction of sp³-hybridized carbons (Fsp3) is 0.200. The molecular weight excluding hydrogens is 280 g/mol. The summed E-state index contributed by atoms with van der Waals surface area (Å²) in [5, 5.41) is 13.5. The highest BCUT2D eigenvalue weighted by atomic mass is 16.2. The number of hydrogen-bond acceptors (Lipinski definition) is 4. The molecule has 0 fully saturated rings.